The molecule has 0 aromatic rings. The van der Waals surface area contributed by atoms with Crippen molar-refractivity contribution in [2.45, 2.75) is 39.2 Å². The largest absolute Gasteiger partial charge is 0.394 e. The van der Waals surface area contributed by atoms with E-state index in [0.29, 0.717) is 13.0 Å². The Morgan fingerprint density at radius 1 is 1.53 bits per heavy atom. The predicted octanol–water partition coefficient (Wildman–Crippen LogP) is 0.132. The van der Waals surface area contributed by atoms with E-state index in [1.165, 1.54) is 6.92 Å². The number of nitrogens with one attached hydrogen (secondary N) is 1. The molecule has 1 heterocycles. The van der Waals surface area contributed by atoms with Crippen LogP contribution in [0.3, 0.4) is 0 Å². The molecule has 17 heavy (non-hydrogen) atoms. The maximum absolute atomic E-state index is 11.9. The van der Waals surface area contributed by atoms with E-state index in [9.17, 15) is 9.59 Å². The Morgan fingerprint density at radius 3 is 2.76 bits per heavy atom. The standard InChI is InChI=1S/C12H22N2O3/c1-3-11(8-15)13-12(17)10-5-4-6-14(7-10)9(2)16/h10-11,15H,3-8H2,1-2H3,(H,13,17)/t10?,11-/m0/s1. The normalized spacial score (nSPS) is 22.1. The summed E-state index contributed by atoms with van der Waals surface area (Å²) in [6, 6.07) is -0.171. The average Bonchev–Trinajstić information content (AvgIpc) is 2.35. The van der Waals surface area contributed by atoms with Crippen LogP contribution in [0.1, 0.15) is 33.1 Å². The number of aliphatic hydroxyl groups is 1. The monoisotopic (exact) mass is 242 g/mol. The van der Waals surface area contributed by atoms with Crippen LogP contribution in [0.25, 0.3) is 0 Å². The molecule has 0 spiro atoms. The molecule has 0 aromatic carbocycles. The minimum Gasteiger partial charge on any atom is -0.394 e. The molecule has 0 radical (unpaired) electrons. The molecule has 2 amide bonds. The summed E-state index contributed by atoms with van der Waals surface area (Å²) in [5, 5.41) is 11.9. The summed E-state index contributed by atoms with van der Waals surface area (Å²) >= 11 is 0. The number of aliphatic hydroxyl groups excluding tert-OH is 1. The van der Waals surface area contributed by atoms with Crippen LogP contribution in [-0.2, 0) is 9.59 Å². The predicted molar refractivity (Wildman–Crippen MR) is 64.3 cm³/mol. The zero-order chi connectivity index (χ0) is 12.8. The van der Waals surface area contributed by atoms with E-state index < -0.39 is 0 Å². The lowest BCUT2D eigenvalue weighted by Gasteiger charge is -2.32. The third-order valence-corrected chi connectivity index (χ3v) is 3.30. The van der Waals surface area contributed by atoms with Gasteiger partial charge in [-0.25, -0.2) is 0 Å². The maximum Gasteiger partial charge on any atom is 0.225 e. The lowest BCUT2D eigenvalue weighted by molar-refractivity contribution is -0.134. The highest BCUT2D eigenvalue weighted by atomic mass is 16.3. The van der Waals surface area contributed by atoms with E-state index in [1.54, 1.807) is 4.90 Å². The van der Waals surface area contributed by atoms with Gasteiger partial charge in [0.05, 0.1) is 18.6 Å². The van der Waals surface area contributed by atoms with E-state index >= 15 is 0 Å². The van der Waals surface area contributed by atoms with E-state index in [0.717, 1.165) is 19.4 Å². The number of hydrogen-bond acceptors (Lipinski definition) is 3. The molecule has 1 rings (SSSR count). The molecule has 0 bridgehead atoms. The van der Waals surface area contributed by atoms with Gasteiger partial charge >= 0.3 is 0 Å². The van der Waals surface area contributed by atoms with Crippen molar-refractivity contribution < 1.29 is 14.7 Å². The molecule has 1 aliphatic heterocycles. The molecular weight excluding hydrogens is 220 g/mol. The zero-order valence-electron chi connectivity index (χ0n) is 10.6. The number of carbonyl (C=O) groups excluding carboxylic acids is 2. The van der Waals surface area contributed by atoms with Crippen LogP contribution in [0, 0.1) is 5.92 Å². The minimum atomic E-state index is -0.171. The van der Waals surface area contributed by atoms with Crippen molar-refractivity contribution >= 4 is 11.8 Å². The molecule has 2 N–H and O–H groups in total. The zero-order valence-corrected chi connectivity index (χ0v) is 10.6. The van der Waals surface area contributed by atoms with Gasteiger partial charge in [0, 0.05) is 20.0 Å². The Bertz CT molecular complexity index is 277. The van der Waals surface area contributed by atoms with Crippen LogP contribution in [0.15, 0.2) is 0 Å². The molecular formula is C12H22N2O3. The van der Waals surface area contributed by atoms with Crippen LogP contribution in [0.5, 0.6) is 0 Å². The van der Waals surface area contributed by atoms with Gasteiger partial charge in [-0.05, 0) is 19.3 Å². The quantitative estimate of drug-likeness (QED) is 0.736. The Labute approximate surface area is 102 Å². The van der Waals surface area contributed by atoms with Crippen molar-refractivity contribution in [3.63, 3.8) is 0 Å². The van der Waals surface area contributed by atoms with E-state index in [-0.39, 0.29) is 30.4 Å². The number of nitrogens with zero attached hydrogens (tertiary/aromatic N) is 1. The van der Waals surface area contributed by atoms with Crippen molar-refractivity contribution in [2.24, 2.45) is 5.92 Å². The van der Waals surface area contributed by atoms with Crippen molar-refractivity contribution in [2.75, 3.05) is 19.7 Å². The van der Waals surface area contributed by atoms with Crippen molar-refractivity contribution in [3.8, 4) is 0 Å². The second kappa shape index (κ2) is 6.59. The first-order valence-corrected chi connectivity index (χ1v) is 6.25. The Hall–Kier alpha value is -1.10. The van der Waals surface area contributed by atoms with Crippen molar-refractivity contribution in [1.29, 1.82) is 0 Å². The second-order valence-corrected chi connectivity index (χ2v) is 4.60. The summed E-state index contributed by atoms with van der Waals surface area (Å²) in [6.45, 7) is 4.66. The van der Waals surface area contributed by atoms with Crippen LogP contribution >= 0.6 is 0 Å². The topological polar surface area (TPSA) is 69.6 Å². The van der Waals surface area contributed by atoms with Crippen LogP contribution in [0.4, 0.5) is 0 Å². The number of carbonyl (C=O) groups is 2. The molecule has 2 atom stereocenters. The highest BCUT2D eigenvalue weighted by Crippen LogP contribution is 2.16. The molecule has 1 aliphatic rings. The van der Waals surface area contributed by atoms with Crippen molar-refractivity contribution in [1.82, 2.24) is 10.2 Å². The van der Waals surface area contributed by atoms with E-state index in [1.807, 2.05) is 6.92 Å². The number of amides is 2. The van der Waals surface area contributed by atoms with E-state index in [2.05, 4.69) is 5.32 Å². The minimum absolute atomic E-state index is 0.0247. The van der Waals surface area contributed by atoms with Gasteiger partial charge in [0.2, 0.25) is 11.8 Å². The van der Waals surface area contributed by atoms with Crippen LogP contribution in [0.2, 0.25) is 0 Å². The molecule has 5 heteroatoms. The molecule has 1 saturated heterocycles. The fraction of sp³-hybridized carbons (Fsp3) is 0.833. The maximum atomic E-state index is 11.9. The third-order valence-electron chi connectivity index (χ3n) is 3.30. The first-order chi connectivity index (χ1) is 8.08. The molecule has 0 aromatic heterocycles. The van der Waals surface area contributed by atoms with Gasteiger partial charge in [-0.15, -0.1) is 0 Å². The molecule has 98 valence electrons. The Balaban J connectivity index is 2.48. The third kappa shape index (κ3) is 4.00. The average molecular weight is 242 g/mol. The molecule has 1 fully saturated rings. The molecule has 0 saturated carbocycles. The molecule has 5 nitrogen and oxygen atoms in total. The van der Waals surface area contributed by atoms with Gasteiger partial charge in [-0.3, -0.25) is 9.59 Å². The number of rotatable bonds is 4. The van der Waals surface area contributed by atoms with Gasteiger partial charge in [-0.1, -0.05) is 6.92 Å². The van der Waals surface area contributed by atoms with Crippen LogP contribution < -0.4 is 5.32 Å². The fourth-order valence-corrected chi connectivity index (χ4v) is 2.07. The second-order valence-electron chi connectivity index (χ2n) is 4.60. The summed E-state index contributed by atoms with van der Waals surface area (Å²) < 4.78 is 0. The number of hydrogen-bond donors (Lipinski definition) is 2. The first kappa shape index (κ1) is 14.0. The summed E-state index contributed by atoms with van der Waals surface area (Å²) in [5.41, 5.74) is 0. The lowest BCUT2D eigenvalue weighted by Crippen LogP contribution is -2.47. The Morgan fingerprint density at radius 2 is 2.24 bits per heavy atom. The van der Waals surface area contributed by atoms with Gasteiger partial charge in [0.15, 0.2) is 0 Å². The smallest absolute Gasteiger partial charge is 0.225 e. The number of piperidine rings is 1. The van der Waals surface area contributed by atoms with E-state index in [4.69, 9.17) is 5.11 Å². The highest BCUT2D eigenvalue weighted by molar-refractivity contribution is 5.80. The summed E-state index contributed by atoms with van der Waals surface area (Å²) in [4.78, 5) is 24.9. The number of likely N-dealkylation sites (tertiary alicyclic amines) is 1. The van der Waals surface area contributed by atoms with Gasteiger partial charge in [0.1, 0.15) is 0 Å². The SMILES string of the molecule is CC[C@@H](CO)NC(=O)C1CCCN(C(C)=O)C1. The van der Waals surface area contributed by atoms with Crippen molar-refractivity contribution in [3.05, 3.63) is 0 Å². The molecule has 1 unspecified atom stereocenters. The Kier molecular flexibility index (Phi) is 5.41. The first-order valence-electron chi connectivity index (χ1n) is 6.25. The van der Waals surface area contributed by atoms with Crippen LogP contribution in [-0.4, -0.2) is 47.6 Å². The summed E-state index contributed by atoms with van der Waals surface area (Å²) in [7, 11) is 0. The summed E-state index contributed by atoms with van der Waals surface area (Å²) in [6.07, 6.45) is 2.40. The fourth-order valence-electron chi connectivity index (χ4n) is 2.07. The highest BCUT2D eigenvalue weighted by Gasteiger charge is 2.27. The van der Waals surface area contributed by atoms with Gasteiger partial charge in [-0.2, -0.15) is 0 Å². The molecule has 0 aliphatic carbocycles. The summed E-state index contributed by atoms with van der Waals surface area (Å²) in [5.74, 6) is -0.151. The lowest BCUT2D eigenvalue weighted by atomic mass is 9.96. The van der Waals surface area contributed by atoms with Gasteiger partial charge in [0.25, 0.3) is 0 Å². The van der Waals surface area contributed by atoms with Gasteiger partial charge < -0.3 is 15.3 Å².